The van der Waals surface area contributed by atoms with E-state index >= 15 is 0 Å². The zero-order chi connectivity index (χ0) is 16.4. The number of amides is 1. The summed E-state index contributed by atoms with van der Waals surface area (Å²) in [7, 11) is 0. The smallest absolute Gasteiger partial charge is 0.263 e. The van der Waals surface area contributed by atoms with Crippen molar-refractivity contribution in [3.8, 4) is 11.4 Å². The fourth-order valence-electron chi connectivity index (χ4n) is 3.02. The Balaban J connectivity index is 1.50. The van der Waals surface area contributed by atoms with Gasteiger partial charge >= 0.3 is 0 Å². The minimum atomic E-state index is 0.0949. The van der Waals surface area contributed by atoms with Crippen LogP contribution in [0.5, 0.6) is 0 Å². The summed E-state index contributed by atoms with van der Waals surface area (Å²) in [5.41, 5.74) is 0.940. The topological polar surface area (TPSA) is 59.2 Å². The van der Waals surface area contributed by atoms with Crippen LogP contribution in [0.4, 0.5) is 0 Å². The van der Waals surface area contributed by atoms with Crippen LogP contribution in [0.2, 0.25) is 0 Å². The van der Waals surface area contributed by atoms with Gasteiger partial charge in [0, 0.05) is 18.7 Å². The van der Waals surface area contributed by atoms with Crippen molar-refractivity contribution < 1.29 is 9.32 Å². The van der Waals surface area contributed by atoms with E-state index in [1.807, 2.05) is 52.7 Å². The number of carbonyl (C=O) groups is 1. The molecule has 122 valence electrons. The zero-order valence-corrected chi connectivity index (χ0v) is 13.9. The molecule has 1 atom stereocenters. The summed E-state index contributed by atoms with van der Waals surface area (Å²) in [6, 6.07) is 13.6. The summed E-state index contributed by atoms with van der Waals surface area (Å²) in [6.45, 7) is 1.42. The molecule has 24 heavy (non-hydrogen) atoms. The Hall–Kier alpha value is -2.47. The Labute approximate surface area is 143 Å². The Morgan fingerprint density at radius 2 is 2.08 bits per heavy atom. The van der Waals surface area contributed by atoms with E-state index in [0.29, 0.717) is 18.3 Å². The van der Waals surface area contributed by atoms with Crippen molar-refractivity contribution in [1.82, 2.24) is 15.0 Å². The van der Waals surface area contributed by atoms with Crippen LogP contribution in [0.25, 0.3) is 11.4 Å². The molecule has 3 heterocycles. The zero-order valence-electron chi connectivity index (χ0n) is 13.1. The summed E-state index contributed by atoms with van der Waals surface area (Å²) < 4.78 is 5.48. The first kappa shape index (κ1) is 15.1. The number of hydrogen-bond donors (Lipinski definition) is 0. The van der Waals surface area contributed by atoms with Gasteiger partial charge in [-0.2, -0.15) is 4.98 Å². The van der Waals surface area contributed by atoms with E-state index in [9.17, 15) is 4.79 Å². The number of thiophene rings is 1. The van der Waals surface area contributed by atoms with Crippen molar-refractivity contribution >= 4 is 17.2 Å². The van der Waals surface area contributed by atoms with Gasteiger partial charge in [-0.05, 0) is 24.3 Å². The first-order valence-electron chi connectivity index (χ1n) is 8.03. The SMILES string of the molecule is O=C(c1cccs1)N1CCCC(c2nc(-c3ccccc3)no2)C1. The maximum absolute atomic E-state index is 12.5. The Kier molecular flexibility index (Phi) is 4.13. The predicted molar refractivity (Wildman–Crippen MR) is 91.9 cm³/mol. The highest BCUT2D eigenvalue weighted by Crippen LogP contribution is 2.28. The van der Waals surface area contributed by atoms with E-state index in [0.717, 1.165) is 29.8 Å². The quantitative estimate of drug-likeness (QED) is 0.728. The van der Waals surface area contributed by atoms with Crippen molar-refractivity contribution in [2.45, 2.75) is 18.8 Å². The maximum atomic E-state index is 12.5. The molecule has 1 aromatic carbocycles. The molecule has 1 aliphatic heterocycles. The molecule has 0 radical (unpaired) electrons. The number of piperidine rings is 1. The molecule has 1 saturated heterocycles. The molecule has 1 aliphatic rings. The fraction of sp³-hybridized carbons (Fsp3) is 0.278. The van der Waals surface area contributed by atoms with Crippen molar-refractivity contribution in [2.24, 2.45) is 0 Å². The monoisotopic (exact) mass is 339 g/mol. The van der Waals surface area contributed by atoms with Gasteiger partial charge in [-0.1, -0.05) is 41.6 Å². The number of rotatable bonds is 3. The Morgan fingerprint density at radius 1 is 1.21 bits per heavy atom. The third kappa shape index (κ3) is 2.97. The second kappa shape index (κ2) is 6.57. The lowest BCUT2D eigenvalue weighted by molar-refractivity contribution is 0.0700. The molecular weight excluding hydrogens is 322 g/mol. The first-order chi connectivity index (χ1) is 11.8. The first-order valence-corrected chi connectivity index (χ1v) is 8.91. The summed E-state index contributed by atoms with van der Waals surface area (Å²) in [5, 5.41) is 6.02. The van der Waals surface area contributed by atoms with Crippen molar-refractivity contribution in [2.75, 3.05) is 13.1 Å². The van der Waals surface area contributed by atoms with E-state index in [2.05, 4.69) is 10.1 Å². The normalized spacial score (nSPS) is 17.8. The minimum Gasteiger partial charge on any atom is -0.339 e. The molecule has 0 bridgehead atoms. The molecule has 0 N–H and O–H groups in total. The standard InChI is InChI=1S/C18H17N3O2S/c22-18(15-9-5-11-24-15)21-10-4-8-14(12-21)17-19-16(20-23-17)13-6-2-1-3-7-13/h1-3,5-7,9,11,14H,4,8,10,12H2. The second-order valence-corrected chi connectivity index (χ2v) is 6.84. The van der Waals surface area contributed by atoms with Gasteiger partial charge in [-0.25, -0.2) is 0 Å². The molecule has 2 aromatic heterocycles. The number of carbonyl (C=O) groups excluding carboxylic acids is 1. The molecule has 4 rings (SSSR count). The highest BCUT2D eigenvalue weighted by molar-refractivity contribution is 7.12. The minimum absolute atomic E-state index is 0.0949. The van der Waals surface area contributed by atoms with Crippen LogP contribution in [0.15, 0.2) is 52.4 Å². The number of likely N-dealkylation sites (tertiary alicyclic amines) is 1. The third-order valence-corrected chi connectivity index (χ3v) is 5.12. The van der Waals surface area contributed by atoms with Gasteiger partial charge in [0.1, 0.15) is 0 Å². The molecule has 0 saturated carbocycles. The summed E-state index contributed by atoms with van der Waals surface area (Å²) >= 11 is 1.48. The van der Waals surface area contributed by atoms with Crippen LogP contribution in [-0.2, 0) is 0 Å². The lowest BCUT2D eigenvalue weighted by Crippen LogP contribution is -2.38. The molecular formula is C18H17N3O2S. The average Bonchev–Trinajstić information content (AvgIpc) is 3.34. The lowest BCUT2D eigenvalue weighted by atomic mass is 9.98. The third-order valence-electron chi connectivity index (χ3n) is 4.26. The van der Waals surface area contributed by atoms with Gasteiger partial charge in [-0.3, -0.25) is 4.79 Å². The van der Waals surface area contributed by atoms with Gasteiger partial charge in [0.25, 0.3) is 5.91 Å². The molecule has 6 heteroatoms. The van der Waals surface area contributed by atoms with Crippen LogP contribution in [0.3, 0.4) is 0 Å². The van der Waals surface area contributed by atoms with Crippen molar-refractivity contribution in [3.63, 3.8) is 0 Å². The van der Waals surface area contributed by atoms with Gasteiger partial charge in [0.2, 0.25) is 11.7 Å². The van der Waals surface area contributed by atoms with Crippen LogP contribution in [0.1, 0.15) is 34.3 Å². The van der Waals surface area contributed by atoms with E-state index < -0.39 is 0 Å². The average molecular weight is 339 g/mol. The highest BCUT2D eigenvalue weighted by Gasteiger charge is 2.29. The fourth-order valence-corrected chi connectivity index (χ4v) is 3.72. The predicted octanol–water partition coefficient (Wildman–Crippen LogP) is 3.82. The van der Waals surface area contributed by atoms with E-state index in [1.165, 1.54) is 11.3 Å². The van der Waals surface area contributed by atoms with E-state index in [4.69, 9.17) is 4.52 Å². The van der Waals surface area contributed by atoms with E-state index in [-0.39, 0.29) is 11.8 Å². The highest BCUT2D eigenvalue weighted by atomic mass is 32.1. The number of nitrogens with zero attached hydrogens (tertiary/aromatic N) is 3. The van der Waals surface area contributed by atoms with Crippen LogP contribution >= 0.6 is 11.3 Å². The number of hydrogen-bond acceptors (Lipinski definition) is 5. The van der Waals surface area contributed by atoms with Crippen LogP contribution in [0, 0.1) is 0 Å². The maximum Gasteiger partial charge on any atom is 0.263 e. The molecule has 5 nitrogen and oxygen atoms in total. The molecule has 1 amide bonds. The number of benzene rings is 1. The van der Waals surface area contributed by atoms with Gasteiger partial charge in [-0.15, -0.1) is 11.3 Å². The number of aromatic nitrogens is 2. The largest absolute Gasteiger partial charge is 0.339 e. The lowest BCUT2D eigenvalue weighted by Gasteiger charge is -2.30. The van der Waals surface area contributed by atoms with Gasteiger partial charge < -0.3 is 9.42 Å². The molecule has 0 aliphatic carbocycles. The van der Waals surface area contributed by atoms with Gasteiger partial charge in [0.15, 0.2) is 0 Å². The second-order valence-electron chi connectivity index (χ2n) is 5.89. The molecule has 1 fully saturated rings. The molecule has 0 spiro atoms. The van der Waals surface area contributed by atoms with E-state index in [1.54, 1.807) is 0 Å². The molecule has 3 aromatic rings. The summed E-state index contributed by atoms with van der Waals surface area (Å²) in [5.74, 6) is 1.43. The van der Waals surface area contributed by atoms with Crippen molar-refractivity contribution in [3.05, 3.63) is 58.6 Å². The van der Waals surface area contributed by atoms with Crippen LogP contribution < -0.4 is 0 Å². The van der Waals surface area contributed by atoms with Crippen LogP contribution in [-0.4, -0.2) is 34.0 Å². The summed E-state index contributed by atoms with van der Waals surface area (Å²) in [6.07, 6.45) is 1.91. The van der Waals surface area contributed by atoms with Gasteiger partial charge in [0.05, 0.1) is 10.8 Å². The summed E-state index contributed by atoms with van der Waals surface area (Å²) in [4.78, 5) is 19.8. The molecule has 1 unspecified atom stereocenters. The Bertz CT molecular complexity index is 814. The Morgan fingerprint density at radius 3 is 2.88 bits per heavy atom. The van der Waals surface area contributed by atoms with Crippen molar-refractivity contribution in [1.29, 1.82) is 0 Å².